The average molecular weight is 435 g/mol. The van der Waals surface area contributed by atoms with Gasteiger partial charge >= 0.3 is 6.09 Å². The van der Waals surface area contributed by atoms with E-state index in [0.29, 0.717) is 42.4 Å². The molecular weight excluding hydrogens is 412 g/mol. The first-order valence-electron chi connectivity index (χ1n) is 10.0. The van der Waals surface area contributed by atoms with Gasteiger partial charge in [0.2, 0.25) is 5.91 Å². The highest BCUT2D eigenvalue weighted by Gasteiger charge is 2.42. The fourth-order valence-electron chi connectivity index (χ4n) is 3.73. The van der Waals surface area contributed by atoms with Crippen molar-refractivity contribution >= 4 is 23.5 Å². The van der Waals surface area contributed by atoms with Crippen molar-refractivity contribution in [2.75, 3.05) is 23.4 Å². The van der Waals surface area contributed by atoms with Gasteiger partial charge in [-0.3, -0.25) is 4.79 Å². The summed E-state index contributed by atoms with van der Waals surface area (Å²) in [6, 6.07) is 3.40. The van der Waals surface area contributed by atoms with E-state index in [9.17, 15) is 18.4 Å². The number of rotatable bonds is 7. The number of halogens is 2. The second kappa shape index (κ2) is 8.40. The number of hydrogen-bond acceptors (Lipinski definition) is 6. The summed E-state index contributed by atoms with van der Waals surface area (Å²) >= 11 is 0. The first-order valence-corrected chi connectivity index (χ1v) is 10.0. The molecule has 166 valence electrons. The minimum Gasteiger partial charge on any atom is -0.491 e. The first-order chi connectivity index (χ1) is 14.9. The molecule has 4 rings (SSSR count). The number of aromatic nitrogens is 2. The highest BCUT2D eigenvalue weighted by atomic mass is 19.3. The molecule has 0 radical (unpaired) electrons. The molecule has 3 N–H and O–H groups in total. The van der Waals surface area contributed by atoms with Gasteiger partial charge in [-0.1, -0.05) is 13.3 Å². The van der Waals surface area contributed by atoms with E-state index in [0.717, 1.165) is 11.3 Å². The first kappa shape index (κ1) is 20.9. The Hall–Kier alpha value is -3.37. The van der Waals surface area contributed by atoms with Crippen molar-refractivity contribution in [3.05, 3.63) is 24.4 Å². The molecule has 0 bridgehead atoms. The summed E-state index contributed by atoms with van der Waals surface area (Å²) in [4.78, 5) is 29.0. The van der Waals surface area contributed by atoms with Crippen LogP contribution in [0.25, 0.3) is 11.4 Å². The van der Waals surface area contributed by atoms with Crippen LogP contribution in [0.1, 0.15) is 19.8 Å². The number of primary amides is 1. The highest BCUT2D eigenvalue weighted by molar-refractivity contribution is 5.90. The molecule has 1 fully saturated rings. The van der Waals surface area contributed by atoms with E-state index in [1.807, 2.05) is 6.92 Å². The van der Waals surface area contributed by atoms with Crippen LogP contribution in [0.5, 0.6) is 5.75 Å². The summed E-state index contributed by atoms with van der Waals surface area (Å²) in [6.45, 7) is 2.31. The number of benzene rings is 1. The molecule has 2 atom stereocenters. The number of hydrogen-bond donors (Lipinski definition) is 2. The Morgan fingerprint density at radius 3 is 2.90 bits per heavy atom. The molecule has 2 aliphatic heterocycles. The number of amides is 2. The maximum absolute atomic E-state index is 13.3. The quantitative estimate of drug-likeness (QED) is 0.692. The van der Waals surface area contributed by atoms with Crippen LogP contribution in [0.15, 0.2) is 24.4 Å². The zero-order chi connectivity index (χ0) is 22.1. The van der Waals surface area contributed by atoms with E-state index >= 15 is 0 Å². The third-order valence-electron chi connectivity index (χ3n) is 5.28. The van der Waals surface area contributed by atoms with Crippen LogP contribution in [0, 0.1) is 0 Å². The predicted molar refractivity (Wildman–Crippen MR) is 108 cm³/mol. The zero-order valence-electron chi connectivity index (χ0n) is 16.9. The molecule has 0 saturated carbocycles. The monoisotopic (exact) mass is 435 g/mol. The number of cyclic esters (lactones) is 1. The van der Waals surface area contributed by atoms with Gasteiger partial charge in [-0.25, -0.2) is 23.5 Å². The van der Waals surface area contributed by atoms with Gasteiger partial charge in [0.05, 0.1) is 12.1 Å². The molecule has 1 aromatic carbocycles. The van der Waals surface area contributed by atoms with Gasteiger partial charge in [0.15, 0.2) is 5.82 Å². The van der Waals surface area contributed by atoms with Crippen molar-refractivity contribution < 1.29 is 27.8 Å². The average Bonchev–Trinajstić information content (AvgIpc) is 3.27. The zero-order valence-corrected chi connectivity index (χ0v) is 16.9. The molecule has 31 heavy (non-hydrogen) atoms. The van der Waals surface area contributed by atoms with Gasteiger partial charge in [-0.2, -0.15) is 0 Å². The van der Waals surface area contributed by atoms with Gasteiger partial charge < -0.3 is 25.1 Å². The Balaban J connectivity index is 1.65. The minimum absolute atomic E-state index is 0.106. The molecular formula is C20H23F2N5O4. The Morgan fingerprint density at radius 1 is 1.39 bits per heavy atom. The normalized spacial score (nSPS) is 18.6. The van der Waals surface area contributed by atoms with E-state index in [4.69, 9.17) is 15.2 Å². The number of nitrogens with two attached hydrogens (primary N) is 1. The van der Waals surface area contributed by atoms with Crippen LogP contribution in [-0.4, -0.2) is 53.3 Å². The lowest BCUT2D eigenvalue weighted by Crippen LogP contribution is -2.38. The van der Waals surface area contributed by atoms with Crippen LogP contribution < -0.4 is 20.7 Å². The van der Waals surface area contributed by atoms with Crippen LogP contribution in [0.4, 0.5) is 25.1 Å². The minimum atomic E-state index is -2.75. The third-order valence-corrected chi connectivity index (χ3v) is 5.28. The van der Waals surface area contributed by atoms with Gasteiger partial charge in [-0.05, 0) is 18.6 Å². The molecule has 0 spiro atoms. The second-order valence-corrected chi connectivity index (χ2v) is 7.41. The summed E-state index contributed by atoms with van der Waals surface area (Å²) < 4.78 is 39.0. The lowest BCUT2D eigenvalue weighted by molar-refractivity contribution is -0.118. The van der Waals surface area contributed by atoms with E-state index in [1.165, 1.54) is 0 Å². The fourth-order valence-corrected chi connectivity index (χ4v) is 3.73. The molecule has 9 nitrogen and oxygen atoms in total. The van der Waals surface area contributed by atoms with Crippen molar-refractivity contribution in [2.24, 2.45) is 5.73 Å². The Bertz CT molecular complexity index is 996. The largest absolute Gasteiger partial charge is 0.491 e. The Kier molecular flexibility index (Phi) is 5.66. The van der Waals surface area contributed by atoms with Crippen molar-refractivity contribution in [3.8, 4) is 17.1 Å². The van der Waals surface area contributed by atoms with Crippen LogP contribution in [-0.2, 0) is 16.1 Å². The SMILES string of the molecule is CCC[C@H](Nc1ccc2c(c1)OCCn1cc(N3C(=O)OC[C@H]3C(F)F)nc1-2)C(N)=O. The predicted octanol–water partition coefficient (Wildman–Crippen LogP) is 2.60. The summed E-state index contributed by atoms with van der Waals surface area (Å²) in [5.74, 6) is 0.676. The molecule has 1 aromatic heterocycles. The second-order valence-electron chi connectivity index (χ2n) is 7.41. The Morgan fingerprint density at radius 2 is 2.19 bits per heavy atom. The molecule has 0 aliphatic carbocycles. The summed E-state index contributed by atoms with van der Waals surface area (Å²) in [6.07, 6.45) is -0.660. The van der Waals surface area contributed by atoms with Crippen LogP contribution >= 0.6 is 0 Å². The third kappa shape index (κ3) is 3.99. The molecule has 2 aromatic rings. The number of carbonyl (C=O) groups excluding carboxylic acids is 2. The standard InChI is InChI=1S/C20H23F2N5O4/c1-2-3-13(18(23)28)24-11-4-5-12-15(8-11)30-7-6-26-9-16(25-19(12)26)27-14(17(21)22)10-31-20(27)29/h4-5,8-9,13-14,17,24H,2-3,6-7,10H2,1H3,(H2,23,28)/t13-,14-/m0/s1. The van der Waals surface area contributed by atoms with Gasteiger partial charge in [0, 0.05) is 18.0 Å². The maximum atomic E-state index is 13.3. The molecule has 11 heteroatoms. The number of carbonyl (C=O) groups is 2. The summed E-state index contributed by atoms with van der Waals surface area (Å²) in [5, 5.41) is 3.11. The number of anilines is 2. The van der Waals surface area contributed by atoms with Crippen LogP contribution in [0.2, 0.25) is 0 Å². The van der Waals surface area contributed by atoms with E-state index in [-0.39, 0.29) is 12.4 Å². The topological polar surface area (TPSA) is 112 Å². The van der Waals surface area contributed by atoms with Crippen molar-refractivity contribution in [3.63, 3.8) is 0 Å². The number of alkyl halides is 2. The van der Waals surface area contributed by atoms with Crippen LogP contribution in [0.3, 0.4) is 0 Å². The maximum Gasteiger partial charge on any atom is 0.416 e. The van der Waals surface area contributed by atoms with E-state index < -0.39 is 30.5 Å². The van der Waals surface area contributed by atoms with Gasteiger partial charge in [-0.15, -0.1) is 0 Å². The van der Waals surface area contributed by atoms with Gasteiger partial charge in [0.1, 0.15) is 36.9 Å². The number of imidazole rings is 1. The smallest absolute Gasteiger partial charge is 0.416 e. The van der Waals surface area contributed by atoms with E-state index in [2.05, 4.69) is 10.3 Å². The number of nitrogens with zero attached hydrogens (tertiary/aromatic N) is 3. The molecule has 3 heterocycles. The van der Waals surface area contributed by atoms with Crippen molar-refractivity contribution in [1.29, 1.82) is 0 Å². The van der Waals surface area contributed by atoms with Crippen molar-refractivity contribution in [2.45, 2.75) is 44.8 Å². The fraction of sp³-hybridized carbons (Fsp3) is 0.450. The summed E-state index contributed by atoms with van der Waals surface area (Å²) in [7, 11) is 0. The van der Waals surface area contributed by atoms with Gasteiger partial charge in [0.25, 0.3) is 6.43 Å². The molecule has 0 unspecified atom stereocenters. The lowest BCUT2D eigenvalue weighted by Gasteiger charge is -2.18. The number of ether oxygens (including phenoxy) is 2. The van der Waals surface area contributed by atoms with E-state index in [1.54, 1.807) is 29.0 Å². The lowest BCUT2D eigenvalue weighted by atomic mass is 10.1. The Labute approximate surface area is 177 Å². The number of fused-ring (bicyclic) bond motifs is 3. The molecule has 2 amide bonds. The molecule has 1 saturated heterocycles. The molecule has 2 aliphatic rings. The number of nitrogens with one attached hydrogen (secondary N) is 1. The summed E-state index contributed by atoms with van der Waals surface area (Å²) in [5.41, 5.74) is 6.77. The van der Waals surface area contributed by atoms with Crippen molar-refractivity contribution in [1.82, 2.24) is 9.55 Å². The highest BCUT2D eigenvalue weighted by Crippen LogP contribution is 2.37.